The molecule has 0 bridgehead atoms. The van der Waals surface area contributed by atoms with Crippen molar-refractivity contribution in [2.75, 3.05) is 0 Å². The molecular formula is C13H12BrN5. The molecule has 0 fully saturated rings. The van der Waals surface area contributed by atoms with Crippen molar-refractivity contribution in [2.24, 2.45) is 0 Å². The fraction of sp³-hybridized carbons (Fsp3) is 0.308. The molecule has 4 rings (SSSR count). The molecule has 1 aliphatic rings. The second kappa shape index (κ2) is 4.16. The lowest BCUT2D eigenvalue weighted by molar-refractivity contribution is 0.583. The molecule has 0 spiro atoms. The fourth-order valence-electron chi connectivity index (χ4n) is 3.01. The Morgan fingerprint density at radius 2 is 2.26 bits per heavy atom. The molecule has 6 heteroatoms. The Labute approximate surface area is 117 Å². The predicted molar refractivity (Wildman–Crippen MR) is 75.0 cm³/mol. The molecule has 2 aromatic heterocycles. The highest BCUT2D eigenvalue weighted by Crippen LogP contribution is 2.38. The topological polar surface area (TPSA) is 70.2 Å². The van der Waals surface area contributed by atoms with Crippen molar-refractivity contribution in [1.82, 2.24) is 25.6 Å². The van der Waals surface area contributed by atoms with Crippen molar-refractivity contribution in [3.05, 3.63) is 39.8 Å². The third-order valence-electron chi connectivity index (χ3n) is 3.84. The first-order chi connectivity index (χ1) is 9.33. The van der Waals surface area contributed by atoms with Crippen LogP contribution in [0.25, 0.3) is 10.9 Å². The van der Waals surface area contributed by atoms with Gasteiger partial charge in [-0.05, 0) is 43.0 Å². The number of aromatic nitrogens is 5. The standard InChI is InChI=1S/C13H12BrN5/c14-7-4-5-11-10(6-7)8-2-1-3-9(12(8)15-11)13-16-18-19-17-13/h4-6,9,15H,1-3H2,(H,16,17,18,19). The summed E-state index contributed by atoms with van der Waals surface area (Å²) in [4.78, 5) is 3.54. The van der Waals surface area contributed by atoms with Gasteiger partial charge in [0.1, 0.15) is 0 Å². The van der Waals surface area contributed by atoms with Crippen LogP contribution in [-0.4, -0.2) is 25.6 Å². The summed E-state index contributed by atoms with van der Waals surface area (Å²) in [6.07, 6.45) is 3.34. The molecule has 19 heavy (non-hydrogen) atoms. The molecule has 0 saturated carbocycles. The lowest BCUT2D eigenvalue weighted by Crippen LogP contribution is -2.12. The van der Waals surface area contributed by atoms with Crippen molar-refractivity contribution in [1.29, 1.82) is 0 Å². The van der Waals surface area contributed by atoms with Gasteiger partial charge in [0.15, 0.2) is 5.82 Å². The van der Waals surface area contributed by atoms with Crippen LogP contribution in [0.1, 0.15) is 35.8 Å². The normalized spacial score (nSPS) is 18.7. The highest BCUT2D eigenvalue weighted by atomic mass is 79.9. The van der Waals surface area contributed by atoms with E-state index < -0.39 is 0 Å². The quantitative estimate of drug-likeness (QED) is 0.725. The Bertz CT molecular complexity index is 731. The summed E-state index contributed by atoms with van der Waals surface area (Å²) in [7, 11) is 0. The Morgan fingerprint density at radius 1 is 1.32 bits per heavy atom. The van der Waals surface area contributed by atoms with Crippen LogP contribution in [0.15, 0.2) is 22.7 Å². The Morgan fingerprint density at radius 3 is 3.11 bits per heavy atom. The predicted octanol–water partition coefficient (Wildman–Crippen LogP) is 2.91. The number of nitrogens with zero attached hydrogens (tertiary/aromatic N) is 3. The first-order valence-corrected chi connectivity index (χ1v) is 7.15. The van der Waals surface area contributed by atoms with Gasteiger partial charge in [-0.15, -0.1) is 10.2 Å². The maximum atomic E-state index is 4.15. The molecule has 1 atom stereocenters. The summed E-state index contributed by atoms with van der Waals surface area (Å²) in [5.41, 5.74) is 3.83. The minimum atomic E-state index is 0.230. The van der Waals surface area contributed by atoms with Crippen molar-refractivity contribution >= 4 is 26.8 Å². The Hall–Kier alpha value is -1.69. The lowest BCUT2D eigenvalue weighted by atomic mass is 9.86. The first-order valence-electron chi connectivity index (χ1n) is 6.36. The van der Waals surface area contributed by atoms with Gasteiger partial charge in [0.25, 0.3) is 0 Å². The maximum absolute atomic E-state index is 4.15. The summed E-state index contributed by atoms with van der Waals surface area (Å²) in [6, 6.07) is 6.36. The van der Waals surface area contributed by atoms with Crippen LogP contribution in [0.5, 0.6) is 0 Å². The number of hydrogen-bond acceptors (Lipinski definition) is 3. The van der Waals surface area contributed by atoms with Crippen molar-refractivity contribution in [3.8, 4) is 0 Å². The summed E-state index contributed by atoms with van der Waals surface area (Å²) in [5.74, 6) is 1.01. The van der Waals surface area contributed by atoms with Gasteiger partial charge in [0, 0.05) is 21.1 Å². The van der Waals surface area contributed by atoms with E-state index in [1.165, 1.54) is 22.2 Å². The molecule has 1 aromatic carbocycles. The third-order valence-corrected chi connectivity index (χ3v) is 4.34. The summed E-state index contributed by atoms with van der Waals surface area (Å²) < 4.78 is 1.11. The van der Waals surface area contributed by atoms with Crippen molar-refractivity contribution in [3.63, 3.8) is 0 Å². The van der Waals surface area contributed by atoms with Gasteiger partial charge in [-0.2, -0.15) is 5.21 Å². The molecule has 96 valence electrons. The number of aromatic amines is 2. The summed E-state index contributed by atoms with van der Waals surface area (Å²) in [5, 5.41) is 15.8. The van der Waals surface area contributed by atoms with E-state index in [-0.39, 0.29) is 5.92 Å². The number of hydrogen-bond donors (Lipinski definition) is 2. The lowest BCUT2D eigenvalue weighted by Gasteiger charge is -2.19. The maximum Gasteiger partial charge on any atom is 0.183 e. The van der Waals surface area contributed by atoms with Crippen molar-refractivity contribution < 1.29 is 0 Å². The fourth-order valence-corrected chi connectivity index (χ4v) is 3.37. The highest BCUT2D eigenvalue weighted by Gasteiger charge is 2.28. The monoisotopic (exact) mass is 317 g/mol. The SMILES string of the molecule is Brc1ccc2[nH]c3c(c2c1)CCCC3c1nn[nH]n1. The zero-order chi connectivity index (χ0) is 12.8. The number of aryl methyl sites for hydroxylation is 1. The van der Waals surface area contributed by atoms with E-state index in [1.807, 2.05) is 0 Å². The van der Waals surface area contributed by atoms with Gasteiger partial charge < -0.3 is 4.98 Å². The van der Waals surface area contributed by atoms with Gasteiger partial charge in [0.05, 0.1) is 5.92 Å². The smallest absolute Gasteiger partial charge is 0.183 e. The Kier molecular flexibility index (Phi) is 2.44. The number of tetrazole rings is 1. The largest absolute Gasteiger partial charge is 0.358 e. The van der Waals surface area contributed by atoms with Crippen LogP contribution in [0.4, 0.5) is 0 Å². The number of fused-ring (bicyclic) bond motifs is 3. The number of halogens is 1. The second-order valence-electron chi connectivity index (χ2n) is 4.92. The van der Waals surface area contributed by atoms with E-state index in [4.69, 9.17) is 0 Å². The van der Waals surface area contributed by atoms with Crippen LogP contribution in [0.3, 0.4) is 0 Å². The van der Waals surface area contributed by atoms with Crippen molar-refractivity contribution in [2.45, 2.75) is 25.2 Å². The van der Waals surface area contributed by atoms with E-state index in [0.717, 1.165) is 29.6 Å². The first kappa shape index (κ1) is 11.2. The molecular weight excluding hydrogens is 306 g/mol. The van der Waals surface area contributed by atoms with Gasteiger partial charge in [-0.25, -0.2) is 0 Å². The average molecular weight is 318 g/mol. The van der Waals surface area contributed by atoms with Crippen LogP contribution < -0.4 is 0 Å². The molecule has 0 amide bonds. The zero-order valence-electron chi connectivity index (χ0n) is 10.2. The minimum absolute atomic E-state index is 0.230. The van der Waals surface area contributed by atoms with Crippen LogP contribution in [-0.2, 0) is 6.42 Å². The molecule has 0 radical (unpaired) electrons. The van der Waals surface area contributed by atoms with Crippen LogP contribution >= 0.6 is 15.9 Å². The third kappa shape index (κ3) is 1.70. The van der Waals surface area contributed by atoms with Gasteiger partial charge in [-0.1, -0.05) is 21.1 Å². The van der Waals surface area contributed by atoms with Gasteiger partial charge in [-0.3, -0.25) is 0 Å². The molecule has 5 nitrogen and oxygen atoms in total. The van der Waals surface area contributed by atoms with E-state index in [1.54, 1.807) is 0 Å². The van der Waals surface area contributed by atoms with E-state index in [0.29, 0.717) is 0 Å². The summed E-state index contributed by atoms with van der Waals surface area (Å²) >= 11 is 3.55. The average Bonchev–Trinajstić information content (AvgIpc) is 3.05. The summed E-state index contributed by atoms with van der Waals surface area (Å²) in [6.45, 7) is 0. The van der Waals surface area contributed by atoms with E-state index in [2.05, 4.69) is 59.7 Å². The molecule has 1 aliphatic carbocycles. The van der Waals surface area contributed by atoms with Gasteiger partial charge in [0.2, 0.25) is 0 Å². The molecule has 2 N–H and O–H groups in total. The number of benzene rings is 1. The molecule has 3 aromatic rings. The highest BCUT2D eigenvalue weighted by molar-refractivity contribution is 9.10. The zero-order valence-corrected chi connectivity index (χ0v) is 11.7. The number of rotatable bonds is 1. The van der Waals surface area contributed by atoms with Gasteiger partial charge >= 0.3 is 0 Å². The second-order valence-corrected chi connectivity index (χ2v) is 5.84. The number of H-pyrrole nitrogens is 2. The van der Waals surface area contributed by atoms with E-state index in [9.17, 15) is 0 Å². The van der Waals surface area contributed by atoms with Crippen LogP contribution in [0, 0.1) is 0 Å². The van der Waals surface area contributed by atoms with E-state index >= 15 is 0 Å². The minimum Gasteiger partial charge on any atom is -0.358 e. The van der Waals surface area contributed by atoms with Crippen LogP contribution in [0.2, 0.25) is 0 Å². The molecule has 1 unspecified atom stereocenters. The number of nitrogens with one attached hydrogen (secondary N) is 2. The molecule has 0 saturated heterocycles. The Balaban J connectivity index is 1.94. The molecule has 0 aliphatic heterocycles. The molecule has 2 heterocycles.